The number of aldehydes is 1. The average molecular weight is 248 g/mol. The topological polar surface area (TPSA) is 74.6 Å². The Labute approximate surface area is 105 Å². The van der Waals surface area contributed by atoms with E-state index in [1.54, 1.807) is 6.07 Å². The number of hydrogen-bond donors (Lipinski definition) is 2. The van der Waals surface area contributed by atoms with Crippen molar-refractivity contribution in [2.45, 2.75) is 31.6 Å². The molecule has 0 aliphatic heterocycles. The lowest BCUT2D eigenvalue weighted by Crippen LogP contribution is -2.22. The van der Waals surface area contributed by atoms with Crippen molar-refractivity contribution in [1.29, 1.82) is 0 Å². The van der Waals surface area contributed by atoms with Gasteiger partial charge in [0.2, 0.25) is 0 Å². The van der Waals surface area contributed by atoms with Crippen LogP contribution in [0.2, 0.25) is 0 Å². The van der Waals surface area contributed by atoms with Crippen LogP contribution in [0, 0.1) is 5.92 Å². The van der Waals surface area contributed by atoms with E-state index in [9.17, 15) is 19.8 Å². The summed E-state index contributed by atoms with van der Waals surface area (Å²) in [7, 11) is 0. The van der Waals surface area contributed by atoms with Crippen molar-refractivity contribution in [2.75, 3.05) is 0 Å². The van der Waals surface area contributed by atoms with E-state index in [2.05, 4.69) is 0 Å². The summed E-state index contributed by atoms with van der Waals surface area (Å²) in [5, 5.41) is 19.1. The Bertz CT molecular complexity index is 467. The summed E-state index contributed by atoms with van der Waals surface area (Å²) in [5.74, 6) is -0.424. The molecule has 0 saturated heterocycles. The van der Waals surface area contributed by atoms with Crippen LogP contribution in [0.1, 0.15) is 37.2 Å². The molecule has 0 amide bonds. The van der Waals surface area contributed by atoms with Crippen molar-refractivity contribution in [3.63, 3.8) is 0 Å². The van der Waals surface area contributed by atoms with Crippen LogP contribution in [0.15, 0.2) is 18.2 Å². The van der Waals surface area contributed by atoms with E-state index in [4.69, 9.17) is 0 Å². The molecule has 0 aromatic heterocycles. The normalized spacial score (nSPS) is 23.6. The number of benzene rings is 1. The van der Waals surface area contributed by atoms with Crippen molar-refractivity contribution in [3.05, 3.63) is 23.8 Å². The number of ketones is 1. The minimum Gasteiger partial charge on any atom is -0.508 e. The maximum atomic E-state index is 11.4. The summed E-state index contributed by atoms with van der Waals surface area (Å²) in [6.45, 7) is 0. The predicted octanol–water partition coefficient (Wildman–Crippen LogP) is 2.14. The lowest BCUT2D eigenvalue weighted by atomic mass is 9.76. The van der Waals surface area contributed by atoms with E-state index >= 15 is 0 Å². The Morgan fingerprint density at radius 3 is 2.72 bits per heavy atom. The number of hydrogen-bond acceptors (Lipinski definition) is 4. The van der Waals surface area contributed by atoms with Crippen LogP contribution >= 0.6 is 0 Å². The Morgan fingerprint density at radius 1 is 1.28 bits per heavy atom. The van der Waals surface area contributed by atoms with E-state index < -0.39 is 0 Å². The molecule has 1 aliphatic rings. The molecule has 1 aliphatic carbocycles. The third-order valence-electron chi connectivity index (χ3n) is 3.65. The second kappa shape index (κ2) is 5.21. The molecule has 4 nitrogen and oxygen atoms in total. The lowest BCUT2D eigenvalue weighted by Gasteiger charge is -2.27. The number of carbonyl (C=O) groups is 2. The number of aromatic hydroxyl groups is 2. The molecule has 1 saturated carbocycles. The second-order valence-corrected chi connectivity index (χ2v) is 4.82. The zero-order chi connectivity index (χ0) is 13.1. The molecule has 4 heteroatoms. The van der Waals surface area contributed by atoms with Gasteiger partial charge in [0.25, 0.3) is 0 Å². The summed E-state index contributed by atoms with van der Waals surface area (Å²) in [6, 6.07) is 4.52. The third-order valence-corrected chi connectivity index (χ3v) is 3.65. The van der Waals surface area contributed by atoms with Gasteiger partial charge in [-0.2, -0.15) is 0 Å². The molecule has 0 bridgehead atoms. The minimum atomic E-state index is -0.349. The first-order valence-electron chi connectivity index (χ1n) is 6.12. The van der Waals surface area contributed by atoms with Gasteiger partial charge >= 0.3 is 0 Å². The molecule has 1 aromatic carbocycles. The fourth-order valence-corrected chi connectivity index (χ4v) is 2.70. The standard InChI is InChI=1S/C14H16O4/c15-8-14(18)10-3-1-2-9(6-10)12-5-4-11(16)7-13(12)17/h4-5,7-10,16-17H,1-3,6H2. The van der Waals surface area contributed by atoms with Gasteiger partial charge in [-0.25, -0.2) is 0 Å². The van der Waals surface area contributed by atoms with Gasteiger partial charge in [0.15, 0.2) is 12.1 Å². The highest BCUT2D eigenvalue weighted by Crippen LogP contribution is 2.40. The highest BCUT2D eigenvalue weighted by Gasteiger charge is 2.28. The lowest BCUT2D eigenvalue weighted by molar-refractivity contribution is -0.133. The smallest absolute Gasteiger partial charge is 0.198 e. The van der Waals surface area contributed by atoms with Crippen LogP contribution in [0.25, 0.3) is 0 Å². The summed E-state index contributed by atoms with van der Waals surface area (Å²) in [4.78, 5) is 21.9. The Morgan fingerprint density at radius 2 is 2.06 bits per heavy atom. The van der Waals surface area contributed by atoms with Crippen LogP contribution in [0.5, 0.6) is 11.5 Å². The van der Waals surface area contributed by atoms with E-state index in [-0.39, 0.29) is 29.1 Å². The molecule has 1 fully saturated rings. The number of rotatable bonds is 3. The van der Waals surface area contributed by atoms with Crippen molar-refractivity contribution in [2.24, 2.45) is 5.92 Å². The molecule has 96 valence electrons. The molecule has 2 unspecified atom stereocenters. The van der Waals surface area contributed by atoms with Crippen LogP contribution in [-0.4, -0.2) is 22.3 Å². The molecule has 0 heterocycles. The number of phenolic OH excluding ortho intramolecular Hbond substituents is 2. The van der Waals surface area contributed by atoms with Crippen LogP contribution < -0.4 is 0 Å². The van der Waals surface area contributed by atoms with Crippen molar-refractivity contribution in [3.8, 4) is 11.5 Å². The van der Waals surface area contributed by atoms with Gasteiger partial charge in [-0.3, -0.25) is 9.59 Å². The zero-order valence-corrected chi connectivity index (χ0v) is 10.0. The van der Waals surface area contributed by atoms with Gasteiger partial charge in [0, 0.05) is 12.0 Å². The van der Waals surface area contributed by atoms with Crippen molar-refractivity contribution in [1.82, 2.24) is 0 Å². The first-order chi connectivity index (χ1) is 8.61. The van der Waals surface area contributed by atoms with Crippen LogP contribution in [0.3, 0.4) is 0 Å². The number of Topliss-reactive ketones (excluding diaryl/α,β-unsaturated/α-hetero) is 1. The van der Waals surface area contributed by atoms with E-state index in [0.29, 0.717) is 12.7 Å². The minimum absolute atomic E-state index is 0.0209. The summed E-state index contributed by atoms with van der Waals surface area (Å²) in [6.07, 6.45) is 3.49. The van der Waals surface area contributed by atoms with Gasteiger partial charge in [-0.15, -0.1) is 0 Å². The molecule has 2 rings (SSSR count). The Kier molecular flexibility index (Phi) is 3.65. The van der Waals surface area contributed by atoms with Gasteiger partial charge < -0.3 is 10.2 Å². The first kappa shape index (κ1) is 12.6. The maximum Gasteiger partial charge on any atom is 0.198 e. The number of carbonyl (C=O) groups excluding carboxylic acids is 2. The van der Waals surface area contributed by atoms with Crippen molar-refractivity contribution < 1.29 is 19.8 Å². The van der Waals surface area contributed by atoms with Crippen LogP contribution in [0.4, 0.5) is 0 Å². The molecular formula is C14H16O4. The zero-order valence-electron chi connectivity index (χ0n) is 10.0. The van der Waals surface area contributed by atoms with Gasteiger partial charge in [-0.05, 0) is 36.8 Å². The molecular weight excluding hydrogens is 232 g/mol. The molecule has 0 radical (unpaired) electrons. The Balaban J connectivity index is 2.18. The molecule has 2 atom stereocenters. The summed E-state index contributed by atoms with van der Waals surface area (Å²) < 4.78 is 0. The quantitative estimate of drug-likeness (QED) is 0.634. The van der Waals surface area contributed by atoms with Crippen molar-refractivity contribution >= 4 is 12.1 Å². The highest BCUT2D eigenvalue weighted by molar-refractivity contribution is 6.25. The first-order valence-corrected chi connectivity index (χ1v) is 6.12. The van der Waals surface area contributed by atoms with Gasteiger partial charge in [-0.1, -0.05) is 12.5 Å². The third kappa shape index (κ3) is 2.53. The highest BCUT2D eigenvalue weighted by atomic mass is 16.3. The SMILES string of the molecule is O=CC(=O)C1CCCC(c2ccc(O)cc2O)C1. The fourth-order valence-electron chi connectivity index (χ4n) is 2.70. The molecule has 1 aromatic rings. The molecule has 0 spiro atoms. The van der Waals surface area contributed by atoms with E-state index in [0.717, 1.165) is 24.8 Å². The molecule has 18 heavy (non-hydrogen) atoms. The van der Waals surface area contributed by atoms with Gasteiger partial charge in [0.05, 0.1) is 0 Å². The van der Waals surface area contributed by atoms with E-state index in [1.807, 2.05) is 0 Å². The maximum absolute atomic E-state index is 11.4. The average Bonchev–Trinajstić information content (AvgIpc) is 2.38. The summed E-state index contributed by atoms with van der Waals surface area (Å²) in [5.41, 5.74) is 0.746. The summed E-state index contributed by atoms with van der Waals surface area (Å²) >= 11 is 0. The van der Waals surface area contributed by atoms with E-state index in [1.165, 1.54) is 12.1 Å². The second-order valence-electron chi connectivity index (χ2n) is 4.82. The monoisotopic (exact) mass is 248 g/mol. The number of phenols is 2. The molecule has 2 N–H and O–H groups in total. The van der Waals surface area contributed by atoms with Crippen LogP contribution in [-0.2, 0) is 9.59 Å². The Hall–Kier alpha value is -1.84. The fraction of sp³-hybridized carbons (Fsp3) is 0.429. The largest absolute Gasteiger partial charge is 0.508 e. The predicted molar refractivity (Wildman–Crippen MR) is 65.5 cm³/mol. The van der Waals surface area contributed by atoms with Gasteiger partial charge in [0.1, 0.15) is 11.5 Å².